The molecule has 5 heteroatoms. The van der Waals surface area contributed by atoms with Crippen molar-refractivity contribution >= 4 is 17.1 Å². The Labute approximate surface area is 127 Å². The minimum Gasteiger partial charge on any atom is -0.385 e. The normalized spacial score (nSPS) is 12.1. The lowest BCUT2D eigenvalue weighted by Gasteiger charge is -2.34. The Morgan fingerprint density at radius 2 is 1.67 bits per heavy atom. The average molecular weight is 293 g/mol. The van der Waals surface area contributed by atoms with Crippen LogP contribution in [0.15, 0.2) is 18.2 Å². The van der Waals surface area contributed by atoms with E-state index in [9.17, 15) is 10.1 Å². The number of benzene rings is 1. The number of rotatable bonds is 6. The van der Waals surface area contributed by atoms with Crippen LogP contribution in [0, 0.1) is 15.5 Å². The molecule has 0 radical (unpaired) electrons. The number of nitrogens with zero attached hydrogens (tertiary/aromatic N) is 1. The summed E-state index contributed by atoms with van der Waals surface area (Å²) in [4.78, 5) is 10.7. The monoisotopic (exact) mass is 293 g/mol. The number of nitrogens with one attached hydrogen (secondary N) is 2. The van der Waals surface area contributed by atoms with Gasteiger partial charge < -0.3 is 10.6 Å². The molecule has 0 spiro atoms. The summed E-state index contributed by atoms with van der Waals surface area (Å²) >= 11 is 0. The van der Waals surface area contributed by atoms with E-state index < -0.39 is 0 Å². The summed E-state index contributed by atoms with van der Waals surface area (Å²) in [5.74, 6) is 0. The Morgan fingerprint density at radius 1 is 1.10 bits per heavy atom. The van der Waals surface area contributed by atoms with Gasteiger partial charge in [-0.05, 0) is 38.7 Å². The van der Waals surface area contributed by atoms with Gasteiger partial charge in [0.15, 0.2) is 0 Å². The van der Waals surface area contributed by atoms with Crippen LogP contribution < -0.4 is 10.6 Å². The van der Waals surface area contributed by atoms with Crippen LogP contribution >= 0.6 is 0 Å². The van der Waals surface area contributed by atoms with Crippen LogP contribution in [0.4, 0.5) is 17.1 Å². The second-order valence-electron chi connectivity index (χ2n) is 7.30. The van der Waals surface area contributed by atoms with Crippen LogP contribution in [0.2, 0.25) is 0 Å². The first-order chi connectivity index (χ1) is 9.52. The number of hydrogen-bond acceptors (Lipinski definition) is 4. The van der Waals surface area contributed by atoms with Gasteiger partial charge in [-0.2, -0.15) is 0 Å². The molecule has 1 rings (SSSR count). The minimum absolute atomic E-state index is 0.0995. The van der Waals surface area contributed by atoms with E-state index in [1.807, 2.05) is 13.0 Å². The first kappa shape index (κ1) is 17.3. The Bertz CT molecular complexity index is 505. The molecule has 118 valence electrons. The van der Waals surface area contributed by atoms with Crippen LogP contribution in [0.1, 0.15) is 48.0 Å². The molecular weight excluding hydrogens is 266 g/mol. The second kappa shape index (κ2) is 6.33. The van der Waals surface area contributed by atoms with E-state index >= 15 is 0 Å². The van der Waals surface area contributed by atoms with Crippen LogP contribution in [0.5, 0.6) is 0 Å². The molecule has 0 atom stereocenters. The van der Waals surface area contributed by atoms with Crippen molar-refractivity contribution in [3.8, 4) is 0 Å². The van der Waals surface area contributed by atoms with E-state index in [1.54, 1.807) is 12.1 Å². The highest BCUT2D eigenvalue weighted by Crippen LogP contribution is 2.32. The fraction of sp³-hybridized carbons (Fsp3) is 0.625. The standard InChI is InChI=1S/C16H27N3O2/c1-7-17-12-8-13(10-14(9-12)19(20)21)18-16(5,6)11-15(2,3)4/h8-10,17-18H,7,11H2,1-6H3. The molecule has 1 aromatic rings. The van der Waals surface area contributed by atoms with Crippen LogP contribution in [-0.4, -0.2) is 17.0 Å². The molecule has 2 N–H and O–H groups in total. The molecule has 0 aromatic heterocycles. The van der Waals surface area contributed by atoms with E-state index in [1.165, 1.54) is 0 Å². The Kier molecular flexibility index (Phi) is 5.20. The molecule has 5 nitrogen and oxygen atoms in total. The summed E-state index contributed by atoms with van der Waals surface area (Å²) in [5, 5.41) is 17.6. The summed E-state index contributed by atoms with van der Waals surface area (Å²) in [6.45, 7) is 13.5. The van der Waals surface area contributed by atoms with Crippen molar-refractivity contribution in [2.45, 2.75) is 53.5 Å². The first-order valence-corrected chi connectivity index (χ1v) is 7.34. The van der Waals surface area contributed by atoms with Crippen LogP contribution in [0.25, 0.3) is 0 Å². The van der Waals surface area contributed by atoms with Gasteiger partial charge in [0.25, 0.3) is 5.69 Å². The Hall–Kier alpha value is -1.78. The maximum absolute atomic E-state index is 11.1. The fourth-order valence-corrected chi connectivity index (χ4v) is 2.86. The van der Waals surface area contributed by atoms with E-state index in [4.69, 9.17) is 0 Å². The molecule has 0 fully saturated rings. The van der Waals surface area contributed by atoms with Crippen molar-refractivity contribution in [2.24, 2.45) is 5.41 Å². The second-order valence-corrected chi connectivity index (χ2v) is 7.30. The molecule has 0 amide bonds. The molecule has 0 aliphatic rings. The third-order valence-electron chi connectivity index (χ3n) is 2.96. The molecule has 0 aliphatic carbocycles. The van der Waals surface area contributed by atoms with Gasteiger partial charge in [-0.15, -0.1) is 0 Å². The van der Waals surface area contributed by atoms with Gasteiger partial charge in [0, 0.05) is 35.6 Å². The highest BCUT2D eigenvalue weighted by atomic mass is 16.6. The summed E-state index contributed by atoms with van der Waals surface area (Å²) < 4.78 is 0. The zero-order chi connectivity index (χ0) is 16.3. The molecule has 0 unspecified atom stereocenters. The van der Waals surface area contributed by atoms with E-state index in [0.717, 1.165) is 24.3 Å². The van der Waals surface area contributed by atoms with E-state index in [2.05, 4.69) is 45.3 Å². The largest absolute Gasteiger partial charge is 0.385 e. The van der Waals surface area contributed by atoms with Crippen molar-refractivity contribution in [2.75, 3.05) is 17.2 Å². The lowest BCUT2D eigenvalue weighted by molar-refractivity contribution is -0.384. The van der Waals surface area contributed by atoms with E-state index in [-0.39, 0.29) is 21.6 Å². The molecule has 0 heterocycles. The molecule has 0 saturated heterocycles. The zero-order valence-electron chi connectivity index (χ0n) is 13.9. The number of non-ortho nitro benzene ring substituents is 1. The van der Waals surface area contributed by atoms with Crippen LogP contribution in [-0.2, 0) is 0 Å². The zero-order valence-corrected chi connectivity index (χ0v) is 13.9. The Balaban J connectivity index is 3.03. The maximum atomic E-state index is 11.1. The van der Waals surface area contributed by atoms with Gasteiger partial charge in [-0.1, -0.05) is 20.8 Å². The summed E-state index contributed by atoms with van der Waals surface area (Å²) in [5.41, 5.74) is 1.68. The smallest absolute Gasteiger partial charge is 0.273 e. The van der Waals surface area contributed by atoms with Gasteiger partial charge in [-0.25, -0.2) is 0 Å². The summed E-state index contributed by atoms with van der Waals surface area (Å²) in [6.07, 6.45) is 0.958. The lowest BCUT2D eigenvalue weighted by atomic mass is 9.81. The molecular formula is C16H27N3O2. The fourth-order valence-electron chi connectivity index (χ4n) is 2.86. The Morgan fingerprint density at radius 3 is 2.14 bits per heavy atom. The first-order valence-electron chi connectivity index (χ1n) is 7.34. The highest BCUT2D eigenvalue weighted by molar-refractivity contribution is 5.64. The number of hydrogen-bond donors (Lipinski definition) is 2. The molecule has 21 heavy (non-hydrogen) atoms. The summed E-state index contributed by atoms with van der Waals surface area (Å²) in [7, 11) is 0. The SMILES string of the molecule is CCNc1cc(NC(C)(C)CC(C)(C)C)cc([N+](=O)[O-])c1. The predicted octanol–water partition coefficient (Wildman–Crippen LogP) is 4.65. The minimum atomic E-state index is -0.358. The van der Waals surface area contributed by atoms with Crippen LogP contribution in [0.3, 0.4) is 0 Å². The van der Waals surface area contributed by atoms with E-state index in [0.29, 0.717) is 0 Å². The van der Waals surface area contributed by atoms with Crippen molar-refractivity contribution in [3.63, 3.8) is 0 Å². The molecule has 0 saturated carbocycles. The number of nitro groups is 1. The molecule has 0 bridgehead atoms. The molecule has 0 aliphatic heterocycles. The predicted molar refractivity (Wildman–Crippen MR) is 89.0 cm³/mol. The lowest BCUT2D eigenvalue weighted by Crippen LogP contribution is -2.35. The van der Waals surface area contributed by atoms with Gasteiger partial charge in [0.1, 0.15) is 0 Å². The molecule has 1 aromatic carbocycles. The van der Waals surface area contributed by atoms with Crippen molar-refractivity contribution in [3.05, 3.63) is 28.3 Å². The van der Waals surface area contributed by atoms with Gasteiger partial charge in [-0.3, -0.25) is 10.1 Å². The third kappa shape index (κ3) is 6.02. The summed E-state index contributed by atoms with van der Waals surface area (Å²) in [6, 6.07) is 5.07. The van der Waals surface area contributed by atoms with Crippen molar-refractivity contribution in [1.82, 2.24) is 0 Å². The van der Waals surface area contributed by atoms with Crippen molar-refractivity contribution in [1.29, 1.82) is 0 Å². The van der Waals surface area contributed by atoms with Gasteiger partial charge in [0.2, 0.25) is 0 Å². The van der Waals surface area contributed by atoms with Crippen molar-refractivity contribution < 1.29 is 4.92 Å². The third-order valence-corrected chi connectivity index (χ3v) is 2.96. The average Bonchev–Trinajstić information content (AvgIpc) is 2.24. The van der Waals surface area contributed by atoms with Gasteiger partial charge in [0.05, 0.1) is 4.92 Å². The number of nitro benzene ring substituents is 1. The highest BCUT2D eigenvalue weighted by Gasteiger charge is 2.25. The number of anilines is 2. The maximum Gasteiger partial charge on any atom is 0.273 e. The van der Waals surface area contributed by atoms with Gasteiger partial charge >= 0.3 is 0 Å². The topological polar surface area (TPSA) is 67.2 Å². The quantitative estimate of drug-likeness (QED) is 0.591.